The Labute approximate surface area is 146 Å². The van der Waals surface area contributed by atoms with E-state index in [4.69, 9.17) is 16.3 Å². The molecule has 132 valence electrons. The van der Waals surface area contributed by atoms with E-state index in [2.05, 4.69) is 10.3 Å². The molecule has 0 bridgehead atoms. The maximum absolute atomic E-state index is 12.2. The van der Waals surface area contributed by atoms with Crippen molar-refractivity contribution in [2.75, 3.05) is 18.4 Å². The van der Waals surface area contributed by atoms with Crippen LogP contribution in [0, 0.1) is 0 Å². The van der Waals surface area contributed by atoms with Gasteiger partial charge in [-0.2, -0.15) is 0 Å². The highest BCUT2D eigenvalue weighted by Crippen LogP contribution is 2.23. The maximum Gasteiger partial charge on any atom is 0.410 e. The summed E-state index contributed by atoms with van der Waals surface area (Å²) in [5, 5.41) is 12.6. The minimum atomic E-state index is -1.08. The molecule has 1 saturated heterocycles. The van der Waals surface area contributed by atoms with Crippen molar-refractivity contribution in [1.29, 1.82) is 0 Å². The number of likely N-dealkylation sites (tertiary alicyclic amines) is 1. The fraction of sp³-hybridized carbons (Fsp3) is 0.562. The van der Waals surface area contributed by atoms with Gasteiger partial charge in [-0.3, -0.25) is 0 Å². The number of hydrogen-bond acceptors (Lipinski definition) is 5. The van der Waals surface area contributed by atoms with Crippen molar-refractivity contribution >= 4 is 29.4 Å². The molecule has 8 heteroatoms. The van der Waals surface area contributed by atoms with Crippen molar-refractivity contribution in [3.63, 3.8) is 0 Å². The highest BCUT2D eigenvalue weighted by molar-refractivity contribution is 6.29. The minimum Gasteiger partial charge on any atom is -0.478 e. The molecule has 1 aromatic rings. The number of rotatable bonds is 3. The van der Waals surface area contributed by atoms with Gasteiger partial charge in [0, 0.05) is 25.3 Å². The van der Waals surface area contributed by atoms with Crippen LogP contribution in [0.3, 0.4) is 0 Å². The van der Waals surface area contributed by atoms with Crippen molar-refractivity contribution in [1.82, 2.24) is 9.88 Å². The van der Waals surface area contributed by atoms with Gasteiger partial charge in [-0.25, -0.2) is 14.6 Å². The smallest absolute Gasteiger partial charge is 0.410 e. The molecule has 1 aliphatic rings. The summed E-state index contributed by atoms with van der Waals surface area (Å²) in [6, 6.07) is 1.40. The number of nitrogens with zero attached hydrogens (tertiary/aromatic N) is 2. The zero-order valence-corrected chi connectivity index (χ0v) is 14.8. The average Bonchev–Trinajstić information content (AvgIpc) is 2.45. The largest absolute Gasteiger partial charge is 0.478 e. The molecule has 1 aliphatic heterocycles. The molecule has 0 aromatic carbocycles. The van der Waals surface area contributed by atoms with Crippen molar-refractivity contribution in [2.24, 2.45) is 0 Å². The monoisotopic (exact) mass is 355 g/mol. The highest BCUT2D eigenvalue weighted by Gasteiger charge is 2.28. The third kappa shape index (κ3) is 4.99. The van der Waals surface area contributed by atoms with Crippen LogP contribution in [0.2, 0.25) is 5.15 Å². The number of aromatic nitrogens is 1. The normalized spacial score (nSPS) is 18.2. The van der Waals surface area contributed by atoms with Gasteiger partial charge in [0.2, 0.25) is 0 Å². The zero-order valence-electron chi connectivity index (χ0n) is 14.0. The van der Waals surface area contributed by atoms with E-state index in [0.717, 1.165) is 12.8 Å². The first kappa shape index (κ1) is 18.3. The third-order valence-corrected chi connectivity index (χ3v) is 3.74. The van der Waals surface area contributed by atoms with Gasteiger partial charge in [-0.15, -0.1) is 0 Å². The van der Waals surface area contributed by atoms with Crippen LogP contribution >= 0.6 is 11.6 Å². The fourth-order valence-electron chi connectivity index (χ4n) is 2.53. The Morgan fingerprint density at radius 3 is 2.79 bits per heavy atom. The molecule has 0 radical (unpaired) electrons. The van der Waals surface area contributed by atoms with E-state index in [1.807, 2.05) is 20.8 Å². The van der Waals surface area contributed by atoms with E-state index < -0.39 is 11.6 Å². The van der Waals surface area contributed by atoms with Gasteiger partial charge in [0.25, 0.3) is 0 Å². The van der Waals surface area contributed by atoms with Gasteiger partial charge in [0.1, 0.15) is 16.3 Å². The zero-order chi connectivity index (χ0) is 17.9. The van der Waals surface area contributed by atoms with Crippen LogP contribution in [0.4, 0.5) is 10.5 Å². The van der Waals surface area contributed by atoms with E-state index >= 15 is 0 Å². The van der Waals surface area contributed by atoms with Gasteiger partial charge < -0.3 is 20.1 Å². The molecule has 7 nitrogen and oxygen atoms in total. The number of amides is 1. The topological polar surface area (TPSA) is 91.8 Å². The van der Waals surface area contributed by atoms with E-state index in [9.17, 15) is 14.7 Å². The van der Waals surface area contributed by atoms with E-state index in [1.165, 1.54) is 12.3 Å². The number of pyridine rings is 1. The number of carbonyl (C=O) groups is 2. The predicted octanol–water partition coefficient (Wildman–Crippen LogP) is 3.24. The first-order valence-corrected chi connectivity index (χ1v) is 8.17. The number of hydrogen-bond donors (Lipinski definition) is 2. The Balaban J connectivity index is 2.07. The molecule has 1 atom stereocenters. The van der Waals surface area contributed by atoms with Crippen LogP contribution in [0.25, 0.3) is 0 Å². The van der Waals surface area contributed by atoms with E-state index in [-0.39, 0.29) is 22.9 Å². The predicted molar refractivity (Wildman–Crippen MR) is 90.7 cm³/mol. The summed E-state index contributed by atoms with van der Waals surface area (Å²) < 4.78 is 5.39. The first-order valence-electron chi connectivity index (χ1n) is 7.79. The van der Waals surface area contributed by atoms with Gasteiger partial charge >= 0.3 is 12.1 Å². The summed E-state index contributed by atoms with van der Waals surface area (Å²) in [4.78, 5) is 28.9. The summed E-state index contributed by atoms with van der Waals surface area (Å²) in [6.45, 7) is 6.53. The standard InChI is InChI=1S/C16H22ClN3O4/c1-16(2,3)24-15(23)20-6-4-5-10(9-20)19-12-7-13(17)18-8-11(12)14(21)22/h7-8,10H,4-6,9H2,1-3H3,(H,18,19)(H,21,22)/t10-/m0/s1. The molecule has 1 aromatic heterocycles. The average molecular weight is 356 g/mol. The number of piperidine rings is 1. The lowest BCUT2D eigenvalue weighted by atomic mass is 10.1. The van der Waals surface area contributed by atoms with Crippen molar-refractivity contribution < 1.29 is 19.4 Å². The van der Waals surface area contributed by atoms with Crippen LogP contribution in [0.1, 0.15) is 44.0 Å². The molecule has 2 N–H and O–H groups in total. The first-order chi connectivity index (χ1) is 11.2. The molecule has 0 spiro atoms. The molecule has 24 heavy (non-hydrogen) atoms. The van der Waals surface area contributed by atoms with E-state index in [0.29, 0.717) is 18.8 Å². The van der Waals surface area contributed by atoms with Gasteiger partial charge in [-0.1, -0.05) is 11.6 Å². The molecule has 2 heterocycles. The fourth-order valence-corrected chi connectivity index (χ4v) is 2.68. The number of carbonyl (C=O) groups excluding carboxylic acids is 1. The van der Waals surface area contributed by atoms with Crippen molar-refractivity contribution in [3.8, 4) is 0 Å². The van der Waals surface area contributed by atoms with Gasteiger partial charge in [-0.05, 0) is 39.7 Å². The Hall–Kier alpha value is -2.02. The van der Waals surface area contributed by atoms with Crippen LogP contribution < -0.4 is 5.32 Å². The maximum atomic E-state index is 12.2. The molecular formula is C16H22ClN3O4. The second-order valence-corrected chi connectivity index (χ2v) is 7.15. The number of aromatic carboxylic acids is 1. The van der Waals surface area contributed by atoms with E-state index in [1.54, 1.807) is 4.90 Å². The second-order valence-electron chi connectivity index (χ2n) is 6.77. The van der Waals surface area contributed by atoms with Crippen LogP contribution in [0.5, 0.6) is 0 Å². The Morgan fingerprint density at radius 2 is 2.17 bits per heavy atom. The lowest BCUT2D eigenvalue weighted by Crippen LogP contribution is -2.47. The molecule has 2 rings (SSSR count). The van der Waals surface area contributed by atoms with Crippen molar-refractivity contribution in [2.45, 2.75) is 45.3 Å². The minimum absolute atomic E-state index is 0.0498. The third-order valence-electron chi connectivity index (χ3n) is 3.53. The summed E-state index contributed by atoms with van der Waals surface area (Å²) in [5.74, 6) is -1.08. The van der Waals surface area contributed by atoms with Crippen molar-refractivity contribution in [3.05, 3.63) is 23.0 Å². The summed E-state index contributed by atoms with van der Waals surface area (Å²) >= 11 is 5.86. The molecular weight excluding hydrogens is 334 g/mol. The van der Waals surface area contributed by atoms with Gasteiger partial charge in [0.15, 0.2) is 0 Å². The number of anilines is 1. The summed E-state index contributed by atoms with van der Waals surface area (Å²) in [5.41, 5.74) is -0.0978. The number of carboxylic acids is 1. The summed E-state index contributed by atoms with van der Waals surface area (Å²) in [7, 11) is 0. The summed E-state index contributed by atoms with van der Waals surface area (Å²) in [6.07, 6.45) is 2.48. The van der Waals surface area contributed by atoms with Crippen LogP contribution in [-0.2, 0) is 4.74 Å². The SMILES string of the molecule is CC(C)(C)OC(=O)N1CCC[C@H](Nc2cc(Cl)ncc2C(=O)O)C1. The molecule has 1 amide bonds. The number of carboxylic acid groups (broad SMARTS) is 1. The second kappa shape index (κ2) is 7.25. The Bertz CT molecular complexity index is 630. The lowest BCUT2D eigenvalue weighted by molar-refractivity contribution is 0.0206. The Kier molecular flexibility index (Phi) is 5.54. The quantitative estimate of drug-likeness (QED) is 0.809. The number of halogens is 1. The highest BCUT2D eigenvalue weighted by atomic mass is 35.5. The van der Waals surface area contributed by atoms with Gasteiger partial charge in [0.05, 0.1) is 5.69 Å². The molecule has 0 aliphatic carbocycles. The van der Waals surface area contributed by atoms with Crippen LogP contribution in [0.15, 0.2) is 12.3 Å². The molecule has 0 saturated carbocycles. The Morgan fingerprint density at radius 1 is 1.46 bits per heavy atom. The van der Waals surface area contributed by atoms with Crippen LogP contribution in [-0.4, -0.2) is 51.8 Å². The number of ether oxygens (including phenoxy) is 1. The lowest BCUT2D eigenvalue weighted by Gasteiger charge is -2.35. The number of nitrogens with one attached hydrogen (secondary N) is 1. The molecule has 1 fully saturated rings. The molecule has 0 unspecified atom stereocenters.